The van der Waals surface area contributed by atoms with Crippen LogP contribution in [0.1, 0.15) is 26.6 Å². The predicted molar refractivity (Wildman–Crippen MR) is 65.8 cm³/mol. The lowest BCUT2D eigenvalue weighted by atomic mass is 9.98. The minimum Gasteiger partial charge on any atom is -0.388 e. The maximum Gasteiger partial charge on any atom is 0.217 e. The molecule has 0 saturated carbocycles. The Bertz CT molecular complexity index is 454. The van der Waals surface area contributed by atoms with E-state index in [9.17, 15) is 19.7 Å². The highest BCUT2D eigenvalue weighted by atomic mass is 19.1. The minimum absolute atomic E-state index is 0.560. The van der Waals surface area contributed by atoms with E-state index in [1.165, 1.54) is 32.3 Å². The average Bonchev–Trinajstić information content (AvgIpc) is 2.88. The molecule has 0 bridgehead atoms. The van der Waals surface area contributed by atoms with Crippen LogP contribution in [0.25, 0.3) is 0 Å². The Morgan fingerprint density at radius 2 is 2.15 bits per heavy atom. The maximum atomic E-state index is 13.8. The number of halogens is 1. The molecule has 1 aromatic heterocycles. The van der Waals surface area contributed by atoms with Crippen molar-refractivity contribution in [3.8, 4) is 6.07 Å². The zero-order valence-corrected chi connectivity index (χ0v) is 11.3. The van der Waals surface area contributed by atoms with E-state index in [-0.39, 0.29) is 0 Å². The quantitative estimate of drug-likeness (QED) is 0.484. The van der Waals surface area contributed by atoms with Crippen LogP contribution in [0.3, 0.4) is 0 Å². The first-order chi connectivity index (χ1) is 9.17. The topological polar surface area (TPSA) is 112 Å². The first-order valence-electron chi connectivity index (χ1n) is 5.98. The fourth-order valence-corrected chi connectivity index (χ4v) is 1.48. The van der Waals surface area contributed by atoms with Crippen molar-refractivity contribution in [1.29, 1.82) is 5.26 Å². The van der Waals surface area contributed by atoms with E-state index >= 15 is 0 Å². The highest BCUT2D eigenvalue weighted by molar-refractivity contribution is 5.02. The number of hydrogen-bond donors (Lipinski definition) is 3. The summed E-state index contributed by atoms with van der Waals surface area (Å²) in [7, 11) is 0. The van der Waals surface area contributed by atoms with E-state index in [0.717, 1.165) is 4.68 Å². The van der Waals surface area contributed by atoms with Gasteiger partial charge in [0.25, 0.3) is 0 Å². The van der Waals surface area contributed by atoms with Crippen molar-refractivity contribution < 1.29 is 24.4 Å². The van der Waals surface area contributed by atoms with Gasteiger partial charge in [-0.3, -0.25) is 0 Å². The SMILES string of the molecule is CC(C)(O)OCC(O)(C#N)CC(O)C(F)n1cccn1. The van der Waals surface area contributed by atoms with Crippen LogP contribution >= 0.6 is 0 Å². The Kier molecular flexibility index (Phi) is 5.19. The lowest BCUT2D eigenvalue weighted by Gasteiger charge is -2.28. The van der Waals surface area contributed by atoms with E-state index < -0.39 is 36.8 Å². The van der Waals surface area contributed by atoms with Gasteiger partial charge in [-0.2, -0.15) is 10.4 Å². The number of aliphatic hydroxyl groups excluding tert-OH is 1. The molecule has 3 N–H and O–H groups in total. The number of nitrogens with zero attached hydrogens (tertiary/aromatic N) is 3. The van der Waals surface area contributed by atoms with Gasteiger partial charge in [-0.15, -0.1) is 0 Å². The van der Waals surface area contributed by atoms with Crippen LogP contribution in [-0.4, -0.2) is 49.2 Å². The van der Waals surface area contributed by atoms with E-state index in [1.807, 2.05) is 0 Å². The van der Waals surface area contributed by atoms with Crippen molar-refractivity contribution in [2.45, 2.75) is 44.1 Å². The molecule has 112 valence electrons. The highest BCUT2D eigenvalue weighted by Gasteiger charge is 2.36. The molecule has 0 saturated heterocycles. The molecule has 1 heterocycles. The standard InChI is InChI=1S/C12H18FN3O4/c1-11(2,18)20-8-12(19,7-14)6-9(17)10(13)16-5-3-4-15-16/h3-5,9-10,17-19H,6,8H2,1-2H3. The van der Waals surface area contributed by atoms with E-state index in [1.54, 1.807) is 6.07 Å². The van der Waals surface area contributed by atoms with Gasteiger partial charge in [0.1, 0.15) is 6.10 Å². The average molecular weight is 287 g/mol. The molecule has 0 aliphatic rings. The number of ether oxygens (including phenoxy) is 1. The third-order valence-corrected chi connectivity index (χ3v) is 2.51. The summed E-state index contributed by atoms with van der Waals surface area (Å²) in [6.07, 6.45) is -1.47. The smallest absolute Gasteiger partial charge is 0.217 e. The Morgan fingerprint density at radius 3 is 2.60 bits per heavy atom. The summed E-state index contributed by atoms with van der Waals surface area (Å²) < 4.78 is 19.6. The van der Waals surface area contributed by atoms with Gasteiger partial charge in [0.05, 0.1) is 12.7 Å². The summed E-state index contributed by atoms with van der Waals surface area (Å²) in [5.74, 6) is -1.55. The number of hydrogen-bond acceptors (Lipinski definition) is 6. The van der Waals surface area contributed by atoms with Crippen molar-refractivity contribution >= 4 is 0 Å². The van der Waals surface area contributed by atoms with Crippen LogP contribution in [0.5, 0.6) is 0 Å². The van der Waals surface area contributed by atoms with Crippen LogP contribution in [-0.2, 0) is 4.74 Å². The van der Waals surface area contributed by atoms with Crippen LogP contribution in [0.2, 0.25) is 0 Å². The Hall–Kier alpha value is -1.53. The molecule has 1 aromatic rings. The fraction of sp³-hybridized carbons (Fsp3) is 0.667. The fourth-order valence-electron chi connectivity index (χ4n) is 1.48. The second kappa shape index (κ2) is 6.28. The Morgan fingerprint density at radius 1 is 1.50 bits per heavy atom. The summed E-state index contributed by atoms with van der Waals surface area (Å²) in [6, 6.07) is 3.02. The van der Waals surface area contributed by atoms with Gasteiger partial charge < -0.3 is 20.1 Å². The molecular weight excluding hydrogens is 269 g/mol. The molecular formula is C12H18FN3O4. The third kappa shape index (κ3) is 4.86. The predicted octanol–water partition coefficient (Wildman–Crippen LogP) is 0.102. The van der Waals surface area contributed by atoms with Gasteiger partial charge in [0.2, 0.25) is 6.30 Å². The number of nitriles is 1. The van der Waals surface area contributed by atoms with Crippen molar-refractivity contribution in [3.05, 3.63) is 18.5 Å². The minimum atomic E-state index is -2.11. The second-order valence-corrected chi connectivity index (χ2v) is 5.01. The first-order valence-corrected chi connectivity index (χ1v) is 5.98. The van der Waals surface area contributed by atoms with Gasteiger partial charge >= 0.3 is 0 Å². The van der Waals surface area contributed by atoms with Gasteiger partial charge in [0, 0.05) is 18.8 Å². The Balaban J connectivity index is 2.65. The van der Waals surface area contributed by atoms with Crippen LogP contribution < -0.4 is 0 Å². The summed E-state index contributed by atoms with van der Waals surface area (Å²) in [6.45, 7) is 2.09. The van der Waals surface area contributed by atoms with Gasteiger partial charge in [-0.05, 0) is 19.9 Å². The molecule has 0 aliphatic heterocycles. The largest absolute Gasteiger partial charge is 0.388 e. The lowest BCUT2D eigenvalue weighted by Crippen LogP contribution is -2.42. The molecule has 0 radical (unpaired) electrons. The molecule has 0 fully saturated rings. The number of aromatic nitrogens is 2. The zero-order valence-electron chi connectivity index (χ0n) is 11.3. The second-order valence-electron chi connectivity index (χ2n) is 5.01. The first kappa shape index (κ1) is 16.5. The van der Waals surface area contributed by atoms with E-state index in [0.29, 0.717) is 0 Å². The molecule has 8 heteroatoms. The van der Waals surface area contributed by atoms with E-state index in [4.69, 9.17) is 10.00 Å². The molecule has 1 rings (SSSR count). The summed E-state index contributed by atoms with van der Waals surface area (Å²) in [4.78, 5) is 0. The third-order valence-electron chi connectivity index (χ3n) is 2.51. The molecule has 0 amide bonds. The molecule has 20 heavy (non-hydrogen) atoms. The summed E-state index contributed by atoms with van der Waals surface area (Å²) >= 11 is 0. The molecule has 0 spiro atoms. The number of alkyl halides is 1. The van der Waals surface area contributed by atoms with E-state index in [2.05, 4.69) is 5.10 Å². The molecule has 7 nitrogen and oxygen atoms in total. The van der Waals surface area contributed by atoms with Gasteiger partial charge in [-0.25, -0.2) is 9.07 Å². The maximum absolute atomic E-state index is 13.8. The van der Waals surface area contributed by atoms with Crippen molar-refractivity contribution in [2.75, 3.05) is 6.61 Å². The Labute approximate surface area is 115 Å². The molecule has 0 aliphatic carbocycles. The molecule has 0 aromatic carbocycles. The normalized spacial score (nSPS) is 18.1. The number of rotatable bonds is 7. The van der Waals surface area contributed by atoms with Crippen LogP contribution in [0.4, 0.5) is 4.39 Å². The lowest BCUT2D eigenvalue weighted by molar-refractivity contribution is -0.203. The summed E-state index contributed by atoms with van der Waals surface area (Å²) in [5.41, 5.74) is -2.11. The number of aliphatic hydroxyl groups is 3. The van der Waals surface area contributed by atoms with Crippen LogP contribution in [0, 0.1) is 11.3 Å². The molecule has 3 atom stereocenters. The van der Waals surface area contributed by atoms with Crippen molar-refractivity contribution in [2.24, 2.45) is 0 Å². The van der Waals surface area contributed by atoms with Crippen molar-refractivity contribution in [3.63, 3.8) is 0 Å². The summed E-state index contributed by atoms with van der Waals surface area (Å²) in [5, 5.41) is 41.6. The highest BCUT2D eigenvalue weighted by Crippen LogP contribution is 2.23. The monoisotopic (exact) mass is 287 g/mol. The van der Waals surface area contributed by atoms with Crippen LogP contribution in [0.15, 0.2) is 18.5 Å². The van der Waals surface area contributed by atoms with Gasteiger partial charge in [-0.1, -0.05) is 0 Å². The molecule has 3 unspecified atom stereocenters. The van der Waals surface area contributed by atoms with Crippen molar-refractivity contribution in [1.82, 2.24) is 9.78 Å². The van der Waals surface area contributed by atoms with Gasteiger partial charge in [0.15, 0.2) is 11.4 Å². The zero-order chi connectivity index (χ0) is 15.4.